The molecule has 0 aromatic heterocycles. The summed E-state index contributed by atoms with van der Waals surface area (Å²) < 4.78 is 6.82. The van der Waals surface area contributed by atoms with Gasteiger partial charge in [-0.05, 0) is 53.3 Å². The highest BCUT2D eigenvalue weighted by Crippen LogP contribution is 2.59. The summed E-state index contributed by atoms with van der Waals surface area (Å²) in [5.74, 6) is -2.48. The minimum atomic E-state index is -1.23. The Hall–Kier alpha value is -5.05. The van der Waals surface area contributed by atoms with Gasteiger partial charge in [0.15, 0.2) is 0 Å². The van der Waals surface area contributed by atoms with Crippen molar-refractivity contribution in [2.45, 2.75) is 49.6 Å². The number of ether oxygens (including phenoxy) is 1. The van der Waals surface area contributed by atoms with Crippen molar-refractivity contribution in [2.75, 3.05) is 24.6 Å². The van der Waals surface area contributed by atoms with Crippen LogP contribution in [0.1, 0.15) is 24.0 Å². The Balaban J connectivity index is 1.30. The van der Waals surface area contributed by atoms with Crippen molar-refractivity contribution in [3.8, 4) is 0 Å². The van der Waals surface area contributed by atoms with Crippen LogP contribution in [0, 0.1) is 11.8 Å². The van der Waals surface area contributed by atoms with Gasteiger partial charge in [-0.1, -0.05) is 103 Å². The molecule has 7 rings (SSSR count). The minimum absolute atomic E-state index is 0.187. The molecule has 4 aromatic carbocycles. The highest BCUT2D eigenvalue weighted by molar-refractivity contribution is 6.06. The molecule has 6 atom stereocenters. The maximum atomic E-state index is 15.2. The van der Waals surface area contributed by atoms with E-state index in [2.05, 4.69) is 13.2 Å². The molecule has 1 spiro atoms. The van der Waals surface area contributed by atoms with E-state index in [4.69, 9.17) is 4.74 Å². The van der Waals surface area contributed by atoms with Gasteiger partial charge in [0.25, 0.3) is 5.91 Å². The van der Waals surface area contributed by atoms with E-state index < -0.39 is 35.6 Å². The van der Waals surface area contributed by atoms with E-state index in [-0.39, 0.29) is 30.9 Å². The van der Waals surface area contributed by atoms with Gasteiger partial charge in [0.1, 0.15) is 11.6 Å². The van der Waals surface area contributed by atoms with E-state index in [1.165, 1.54) is 0 Å². The zero-order valence-electron chi connectivity index (χ0n) is 28.1. The fraction of sp³-hybridized carbons (Fsp3) is 0.310. The summed E-state index contributed by atoms with van der Waals surface area (Å²) in [4.78, 5) is 49.7. The van der Waals surface area contributed by atoms with Crippen LogP contribution in [-0.4, -0.2) is 76.1 Å². The molecule has 256 valence electrons. The molecule has 3 amide bonds. The molecule has 8 nitrogen and oxygen atoms in total. The van der Waals surface area contributed by atoms with Gasteiger partial charge >= 0.3 is 0 Å². The second kappa shape index (κ2) is 14.1. The van der Waals surface area contributed by atoms with Crippen LogP contribution in [0.2, 0.25) is 0 Å². The fourth-order valence-electron chi connectivity index (χ4n) is 8.53. The minimum Gasteiger partial charge on any atom is -0.394 e. The first kappa shape index (κ1) is 33.4. The predicted octanol–water partition coefficient (Wildman–Crippen LogP) is 5.55. The molecule has 4 aromatic rings. The van der Waals surface area contributed by atoms with Crippen LogP contribution in [0.5, 0.6) is 0 Å². The van der Waals surface area contributed by atoms with Crippen molar-refractivity contribution in [3.05, 3.63) is 140 Å². The third kappa shape index (κ3) is 5.82. The van der Waals surface area contributed by atoms with Crippen LogP contribution in [0.25, 0.3) is 10.8 Å². The van der Waals surface area contributed by atoms with Gasteiger partial charge in [-0.15, -0.1) is 13.2 Å². The first-order chi connectivity index (χ1) is 24.4. The van der Waals surface area contributed by atoms with E-state index in [0.717, 1.165) is 21.9 Å². The molecule has 3 aliphatic rings. The van der Waals surface area contributed by atoms with Crippen LogP contribution < -0.4 is 4.90 Å². The summed E-state index contributed by atoms with van der Waals surface area (Å²) in [6.07, 6.45) is 4.20. The van der Waals surface area contributed by atoms with Crippen molar-refractivity contribution < 1.29 is 24.2 Å². The number of fused-ring (bicyclic) bond motifs is 2. The lowest BCUT2D eigenvalue weighted by Gasteiger charge is -2.39. The quantitative estimate of drug-likeness (QED) is 0.189. The monoisotopic (exact) mass is 669 g/mol. The molecule has 1 N–H and O–H groups in total. The Morgan fingerprint density at radius 2 is 1.54 bits per heavy atom. The molecule has 2 unspecified atom stereocenters. The number of aliphatic hydroxyl groups excluding tert-OH is 1. The SMILES string of the molecule is C=CCN(Cc1ccccc1)C(=O)[C@@H]1[C@@H]2CCC3(O2)C(C(=O)N(CC=C)c2ccc4ccccc4c2)N([C@@H](CO)Cc2ccccc2)C(=O)[C@H]13. The first-order valence-corrected chi connectivity index (χ1v) is 17.4. The number of anilines is 1. The topological polar surface area (TPSA) is 90.4 Å². The van der Waals surface area contributed by atoms with Gasteiger partial charge in [0.2, 0.25) is 11.8 Å². The summed E-state index contributed by atoms with van der Waals surface area (Å²) >= 11 is 0. The average molecular weight is 670 g/mol. The van der Waals surface area contributed by atoms with Crippen LogP contribution in [0.15, 0.2) is 128 Å². The van der Waals surface area contributed by atoms with Crippen LogP contribution in [-0.2, 0) is 32.1 Å². The number of aliphatic hydroxyl groups is 1. The number of likely N-dealkylation sites (tertiary alicyclic amines) is 1. The fourth-order valence-corrected chi connectivity index (χ4v) is 8.53. The van der Waals surface area contributed by atoms with Gasteiger partial charge in [0.05, 0.1) is 30.6 Å². The van der Waals surface area contributed by atoms with Gasteiger partial charge in [-0.25, -0.2) is 0 Å². The van der Waals surface area contributed by atoms with Crippen LogP contribution in [0.4, 0.5) is 5.69 Å². The maximum Gasteiger partial charge on any atom is 0.253 e. The van der Waals surface area contributed by atoms with Crippen molar-refractivity contribution >= 4 is 34.2 Å². The Kier molecular flexibility index (Phi) is 9.40. The number of hydrogen-bond acceptors (Lipinski definition) is 5. The van der Waals surface area contributed by atoms with E-state index >= 15 is 4.79 Å². The van der Waals surface area contributed by atoms with Gasteiger partial charge in [-0.2, -0.15) is 0 Å². The lowest BCUT2D eigenvalue weighted by Crippen LogP contribution is -2.59. The van der Waals surface area contributed by atoms with Gasteiger partial charge < -0.3 is 24.5 Å². The smallest absolute Gasteiger partial charge is 0.253 e. The zero-order valence-corrected chi connectivity index (χ0v) is 28.1. The zero-order chi connectivity index (χ0) is 34.8. The largest absolute Gasteiger partial charge is 0.394 e. The molecule has 50 heavy (non-hydrogen) atoms. The summed E-state index contributed by atoms with van der Waals surface area (Å²) in [7, 11) is 0. The number of rotatable bonds is 13. The number of carbonyl (C=O) groups is 3. The molecule has 0 aliphatic carbocycles. The van der Waals surface area contributed by atoms with E-state index in [1.54, 1.807) is 26.9 Å². The normalized spacial score (nSPS) is 24.2. The number of carbonyl (C=O) groups excluding carboxylic acids is 3. The van der Waals surface area contributed by atoms with Crippen molar-refractivity contribution in [1.82, 2.24) is 9.80 Å². The molecular weight excluding hydrogens is 626 g/mol. The maximum absolute atomic E-state index is 15.2. The molecule has 0 saturated carbocycles. The number of hydrogen-bond donors (Lipinski definition) is 1. The van der Waals surface area contributed by atoms with Gasteiger partial charge in [0, 0.05) is 25.3 Å². The lowest BCUT2D eigenvalue weighted by molar-refractivity contribution is -0.147. The van der Waals surface area contributed by atoms with Gasteiger partial charge in [-0.3, -0.25) is 14.4 Å². The number of nitrogens with zero attached hydrogens (tertiary/aromatic N) is 3. The molecular formula is C42H43N3O5. The molecule has 8 heteroatoms. The summed E-state index contributed by atoms with van der Waals surface area (Å²) in [5.41, 5.74) is 1.33. The lowest BCUT2D eigenvalue weighted by atomic mass is 9.70. The molecule has 2 bridgehead atoms. The van der Waals surface area contributed by atoms with E-state index in [9.17, 15) is 14.7 Å². The van der Waals surface area contributed by atoms with Crippen molar-refractivity contribution in [2.24, 2.45) is 11.8 Å². The first-order valence-electron chi connectivity index (χ1n) is 17.4. The van der Waals surface area contributed by atoms with Crippen LogP contribution >= 0.6 is 0 Å². The average Bonchev–Trinajstić information content (AvgIpc) is 3.80. The summed E-state index contributed by atoms with van der Waals surface area (Å²) in [6.45, 7) is 8.36. The molecule has 3 heterocycles. The number of amides is 3. The number of benzene rings is 4. The Bertz CT molecular complexity index is 1900. The Morgan fingerprint density at radius 1 is 0.880 bits per heavy atom. The Morgan fingerprint density at radius 3 is 2.22 bits per heavy atom. The van der Waals surface area contributed by atoms with E-state index in [1.807, 2.05) is 103 Å². The second-order valence-electron chi connectivity index (χ2n) is 13.6. The highest BCUT2D eigenvalue weighted by atomic mass is 16.5. The standard InChI is InChI=1S/C42H43N3O5/c1-3-23-43(27-30-15-9-6-10-16-30)39(47)36-35-21-22-42(50-35)37(36)40(48)45(34(28-46)25-29-13-7-5-8-14-29)38(42)41(49)44(24-4-2)33-20-19-31-17-11-12-18-32(31)26-33/h3-20,26,34-38,46H,1-2,21-25,27-28H2/t34-,35+,36-,37+,38?,42?/m1/s1. The highest BCUT2D eigenvalue weighted by Gasteiger charge is 2.75. The molecule has 3 aliphatic heterocycles. The predicted molar refractivity (Wildman–Crippen MR) is 194 cm³/mol. The third-order valence-corrected chi connectivity index (χ3v) is 10.7. The summed E-state index contributed by atoms with van der Waals surface area (Å²) in [5, 5.41) is 12.9. The molecule has 3 saturated heterocycles. The van der Waals surface area contributed by atoms with Crippen LogP contribution in [0.3, 0.4) is 0 Å². The molecule has 3 fully saturated rings. The van der Waals surface area contributed by atoms with E-state index in [0.29, 0.717) is 38.0 Å². The Labute approximate surface area is 293 Å². The molecule has 0 radical (unpaired) electrons. The van der Waals surface area contributed by atoms with Crippen molar-refractivity contribution in [1.29, 1.82) is 0 Å². The summed E-state index contributed by atoms with van der Waals surface area (Å²) in [6, 6.07) is 31.4. The van der Waals surface area contributed by atoms with Crippen molar-refractivity contribution in [3.63, 3.8) is 0 Å². The second-order valence-corrected chi connectivity index (χ2v) is 13.6. The third-order valence-electron chi connectivity index (χ3n) is 10.7.